The lowest BCUT2D eigenvalue weighted by atomic mass is 10.0. The highest BCUT2D eigenvalue weighted by Gasteiger charge is 2.13. The minimum atomic E-state index is -0.706. The second-order valence-corrected chi connectivity index (χ2v) is 4.79. The van der Waals surface area contributed by atoms with Gasteiger partial charge in [-0.05, 0) is 40.6 Å². The third kappa shape index (κ3) is 2.26. The van der Waals surface area contributed by atoms with Gasteiger partial charge in [-0.2, -0.15) is 5.10 Å². The summed E-state index contributed by atoms with van der Waals surface area (Å²) in [7, 11) is 3.49. The molecular weight excluding hydrogens is 252 g/mol. The summed E-state index contributed by atoms with van der Waals surface area (Å²) in [5.41, 5.74) is 1.49. The van der Waals surface area contributed by atoms with Gasteiger partial charge in [0.1, 0.15) is 11.9 Å². The fourth-order valence-corrected chi connectivity index (χ4v) is 2.29. The smallest absolute Gasteiger partial charge is 0.123 e. The molecule has 0 fully saturated rings. The number of hydrogen-bond acceptors (Lipinski definition) is 3. The Hall–Kier alpha value is -2.33. The molecule has 0 amide bonds. The highest BCUT2D eigenvalue weighted by molar-refractivity contribution is 5.84. The van der Waals surface area contributed by atoms with Crippen LogP contribution in [-0.2, 0) is 7.05 Å². The van der Waals surface area contributed by atoms with Crippen molar-refractivity contribution in [3.05, 3.63) is 59.9 Å². The quantitative estimate of drug-likeness (QED) is 0.794. The van der Waals surface area contributed by atoms with Crippen molar-refractivity contribution in [2.24, 2.45) is 7.05 Å². The van der Waals surface area contributed by atoms with E-state index >= 15 is 0 Å². The first-order valence-corrected chi connectivity index (χ1v) is 6.43. The Morgan fingerprint density at radius 3 is 2.55 bits per heavy atom. The molecule has 4 heteroatoms. The monoisotopic (exact) mass is 268 g/mol. The van der Waals surface area contributed by atoms with Crippen LogP contribution < -0.4 is 4.74 Å². The zero-order valence-corrected chi connectivity index (χ0v) is 11.4. The molecule has 0 aliphatic carbocycles. The van der Waals surface area contributed by atoms with Crippen LogP contribution in [0.25, 0.3) is 10.8 Å². The van der Waals surface area contributed by atoms with Gasteiger partial charge < -0.3 is 9.84 Å². The van der Waals surface area contributed by atoms with Gasteiger partial charge in [0, 0.05) is 13.2 Å². The van der Waals surface area contributed by atoms with E-state index in [0.717, 1.165) is 22.1 Å². The highest BCUT2D eigenvalue weighted by atomic mass is 16.5. The fourth-order valence-electron chi connectivity index (χ4n) is 2.29. The highest BCUT2D eigenvalue weighted by Crippen LogP contribution is 2.26. The first kappa shape index (κ1) is 12.7. The van der Waals surface area contributed by atoms with E-state index in [9.17, 15) is 5.11 Å². The molecule has 0 spiro atoms. The molecule has 0 aliphatic heterocycles. The molecule has 1 atom stereocenters. The van der Waals surface area contributed by atoms with Crippen molar-refractivity contribution >= 4 is 10.8 Å². The van der Waals surface area contributed by atoms with E-state index in [4.69, 9.17) is 4.74 Å². The second kappa shape index (κ2) is 4.98. The number of aliphatic hydroxyl groups excluding tert-OH is 1. The zero-order chi connectivity index (χ0) is 14.1. The normalized spacial score (nSPS) is 12.6. The molecule has 3 aromatic rings. The Balaban J connectivity index is 2.00. The number of hydrogen-bond donors (Lipinski definition) is 1. The topological polar surface area (TPSA) is 47.3 Å². The van der Waals surface area contributed by atoms with Crippen molar-refractivity contribution in [1.29, 1.82) is 0 Å². The van der Waals surface area contributed by atoms with E-state index in [-0.39, 0.29) is 0 Å². The summed E-state index contributed by atoms with van der Waals surface area (Å²) in [6, 6.07) is 13.6. The lowest BCUT2D eigenvalue weighted by Gasteiger charge is -2.10. The van der Waals surface area contributed by atoms with Crippen molar-refractivity contribution in [2.75, 3.05) is 7.11 Å². The van der Waals surface area contributed by atoms with Gasteiger partial charge in [-0.3, -0.25) is 4.68 Å². The molecule has 20 heavy (non-hydrogen) atoms. The molecule has 0 saturated carbocycles. The molecule has 102 valence electrons. The van der Waals surface area contributed by atoms with Crippen molar-refractivity contribution < 1.29 is 9.84 Å². The number of aliphatic hydroxyl groups is 1. The van der Waals surface area contributed by atoms with Crippen LogP contribution in [0.2, 0.25) is 0 Å². The maximum absolute atomic E-state index is 10.4. The van der Waals surface area contributed by atoms with E-state index in [0.29, 0.717) is 5.69 Å². The van der Waals surface area contributed by atoms with Crippen LogP contribution in [0.15, 0.2) is 48.7 Å². The number of ether oxygens (including phenoxy) is 1. The Bertz CT molecular complexity index is 749. The third-order valence-electron chi connectivity index (χ3n) is 3.40. The summed E-state index contributed by atoms with van der Waals surface area (Å²) in [5.74, 6) is 0.829. The van der Waals surface area contributed by atoms with Crippen LogP contribution in [0.1, 0.15) is 17.4 Å². The lowest BCUT2D eigenvalue weighted by Crippen LogP contribution is -2.01. The third-order valence-corrected chi connectivity index (χ3v) is 3.40. The van der Waals surface area contributed by atoms with Gasteiger partial charge in [0.15, 0.2) is 0 Å². The number of aryl methyl sites for hydroxylation is 1. The Morgan fingerprint density at radius 2 is 1.85 bits per heavy atom. The number of aromatic nitrogens is 2. The summed E-state index contributed by atoms with van der Waals surface area (Å²) in [6.07, 6.45) is 1.12. The number of methoxy groups -OCH3 is 1. The standard InChI is InChI=1S/C16H16N2O2/c1-18-8-7-15(17-18)16(19)13-4-3-12-10-14(20-2)6-5-11(12)9-13/h3-10,16,19H,1-2H3. The van der Waals surface area contributed by atoms with Crippen molar-refractivity contribution in [3.8, 4) is 5.75 Å². The first-order chi connectivity index (χ1) is 9.67. The number of rotatable bonds is 3. The van der Waals surface area contributed by atoms with Gasteiger partial charge in [0.25, 0.3) is 0 Å². The molecule has 4 nitrogen and oxygen atoms in total. The molecule has 1 heterocycles. The van der Waals surface area contributed by atoms with Crippen LogP contribution in [0.5, 0.6) is 5.75 Å². The van der Waals surface area contributed by atoms with Crippen molar-refractivity contribution in [1.82, 2.24) is 9.78 Å². The Kier molecular flexibility index (Phi) is 3.16. The van der Waals surface area contributed by atoms with E-state index in [1.54, 1.807) is 11.8 Å². The zero-order valence-electron chi connectivity index (χ0n) is 11.4. The molecule has 0 aliphatic rings. The molecule has 0 saturated heterocycles. The van der Waals surface area contributed by atoms with E-state index in [1.807, 2.05) is 55.7 Å². The predicted molar refractivity (Wildman–Crippen MR) is 77.8 cm³/mol. The Labute approximate surface area is 117 Å². The van der Waals surface area contributed by atoms with Gasteiger partial charge in [-0.25, -0.2) is 0 Å². The number of nitrogens with zero attached hydrogens (tertiary/aromatic N) is 2. The summed E-state index contributed by atoms with van der Waals surface area (Å²) in [4.78, 5) is 0. The van der Waals surface area contributed by atoms with Gasteiger partial charge in [-0.15, -0.1) is 0 Å². The average molecular weight is 268 g/mol. The molecule has 0 bridgehead atoms. The van der Waals surface area contributed by atoms with Gasteiger partial charge in [0.05, 0.1) is 12.8 Å². The maximum atomic E-state index is 10.4. The largest absolute Gasteiger partial charge is 0.497 e. The minimum Gasteiger partial charge on any atom is -0.497 e. The maximum Gasteiger partial charge on any atom is 0.123 e. The Morgan fingerprint density at radius 1 is 1.10 bits per heavy atom. The summed E-state index contributed by atoms with van der Waals surface area (Å²) in [5, 5.41) is 16.8. The molecule has 1 aromatic heterocycles. The summed E-state index contributed by atoms with van der Waals surface area (Å²) >= 11 is 0. The molecule has 3 rings (SSSR count). The van der Waals surface area contributed by atoms with Crippen LogP contribution in [0.3, 0.4) is 0 Å². The molecule has 1 N–H and O–H groups in total. The minimum absolute atomic E-state index is 0.653. The fraction of sp³-hybridized carbons (Fsp3) is 0.188. The van der Waals surface area contributed by atoms with Crippen LogP contribution in [0, 0.1) is 0 Å². The second-order valence-electron chi connectivity index (χ2n) is 4.79. The number of fused-ring (bicyclic) bond motifs is 1. The van der Waals surface area contributed by atoms with Crippen LogP contribution in [-0.4, -0.2) is 22.0 Å². The predicted octanol–water partition coefficient (Wildman–Crippen LogP) is 2.66. The molecule has 1 unspecified atom stereocenters. The van der Waals surface area contributed by atoms with Crippen molar-refractivity contribution in [3.63, 3.8) is 0 Å². The SMILES string of the molecule is COc1ccc2cc(C(O)c3ccn(C)n3)ccc2c1. The van der Waals surface area contributed by atoms with Gasteiger partial charge in [-0.1, -0.05) is 18.2 Å². The van der Waals surface area contributed by atoms with Gasteiger partial charge >= 0.3 is 0 Å². The van der Waals surface area contributed by atoms with Crippen LogP contribution in [0.4, 0.5) is 0 Å². The first-order valence-electron chi connectivity index (χ1n) is 6.43. The van der Waals surface area contributed by atoms with E-state index < -0.39 is 6.10 Å². The van der Waals surface area contributed by atoms with Crippen LogP contribution >= 0.6 is 0 Å². The van der Waals surface area contributed by atoms with Gasteiger partial charge in [0.2, 0.25) is 0 Å². The van der Waals surface area contributed by atoms with E-state index in [2.05, 4.69) is 5.10 Å². The average Bonchev–Trinajstić information content (AvgIpc) is 2.92. The summed E-state index contributed by atoms with van der Waals surface area (Å²) in [6.45, 7) is 0. The molecule has 0 radical (unpaired) electrons. The van der Waals surface area contributed by atoms with E-state index in [1.165, 1.54) is 0 Å². The molecular formula is C16H16N2O2. The number of benzene rings is 2. The lowest BCUT2D eigenvalue weighted by molar-refractivity contribution is 0.214. The molecule has 2 aromatic carbocycles. The summed E-state index contributed by atoms with van der Waals surface area (Å²) < 4.78 is 6.89. The van der Waals surface area contributed by atoms with Crippen molar-refractivity contribution in [2.45, 2.75) is 6.10 Å².